The van der Waals surface area contributed by atoms with Gasteiger partial charge in [0.2, 0.25) is 0 Å². The first-order chi connectivity index (χ1) is 6.33. The molecule has 0 aliphatic heterocycles. The molecule has 2 rings (SSSR count). The monoisotopic (exact) mass is 197 g/mol. The Morgan fingerprint density at radius 1 is 1.38 bits per heavy atom. The molecule has 0 fully saturated rings. The first-order valence-corrected chi connectivity index (χ1v) is 5.86. The number of nitrogens with zero attached hydrogens (tertiary/aromatic N) is 1. The zero-order chi connectivity index (χ0) is 9.26. The van der Waals surface area contributed by atoms with Gasteiger partial charge in [0, 0.05) is 17.1 Å². The quantitative estimate of drug-likeness (QED) is 0.712. The third-order valence-electron chi connectivity index (χ3n) is 2.59. The number of rotatable bonds is 2. The maximum atomic E-state index is 11.6. The van der Waals surface area contributed by atoms with E-state index >= 15 is 0 Å². The van der Waals surface area contributed by atoms with E-state index in [1.54, 1.807) is 0 Å². The Labute approximate surface area is 82.2 Å². The van der Waals surface area contributed by atoms with Gasteiger partial charge in [0.05, 0.1) is 0 Å². The fourth-order valence-corrected chi connectivity index (χ4v) is 3.08. The van der Waals surface area contributed by atoms with Crippen molar-refractivity contribution in [2.24, 2.45) is 0 Å². The van der Waals surface area contributed by atoms with Crippen LogP contribution >= 0.6 is 11.3 Å². The van der Waals surface area contributed by atoms with Crippen LogP contribution < -0.4 is 4.87 Å². The number of fused-ring (bicyclic) bond motifs is 1. The predicted molar refractivity (Wildman–Crippen MR) is 55.5 cm³/mol. The molecule has 0 aromatic carbocycles. The SMILES string of the molecule is CCCn1c2c(sc1=O)CCCC2. The minimum Gasteiger partial charge on any atom is -0.303 e. The molecule has 1 aliphatic rings. The van der Waals surface area contributed by atoms with Gasteiger partial charge in [0.1, 0.15) is 0 Å². The van der Waals surface area contributed by atoms with Crippen molar-refractivity contribution >= 4 is 11.3 Å². The van der Waals surface area contributed by atoms with Crippen molar-refractivity contribution in [3.8, 4) is 0 Å². The van der Waals surface area contributed by atoms with Crippen molar-refractivity contribution in [3.63, 3.8) is 0 Å². The van der Waals surface area contributed by atoms with Crippen LogP contribution in [0.4, 0.5) is 0 Å². The first-order valence-electron chi connectivity index (χ1n) is 5.04. The summed E-state index contributed by atoms with van der Waals surface area (Å²) >= 11 is 1.46. The topological polar surface area (TPSA) is 22.0 Å². The van der Waals surface area contributed by atoms with E-state index in [2.05, 4.69) is 6.92 Å². The molecule has 1 aromatic rings. The molecule has 0 amide bonds. The Balaban J connectivity index is 2.42. The summed E-state index contributed by atoms with van der Waals surface area (Å²) in [5.74, 6) is 0. The first kappa shape index (κ1) is 9.00. The van der Waals surface area contributed by atoms with Gasteiger partial charge in [-0.15, -0.1) is 0 Å². The number of aromatic nitrogens is 1. The van der Waals surface area contributed by atoms with Crippen LogP contribution in [0.15, 0.2) is 4.79 Å². The fourth-order valence-electron chi connectivity index (χ4n) is 1.98. The smallest absolute Gasteiger partial charge is 0.303 e. The van der Waals surface area contributed by atoms with Crippen molar-refractivity contribution in [2.45, 2.75) is 45.6 Å². The summed E-state index contributed by atoms with van der Waals surface area (Å²) in [5.41, 5.74) is 1.34. The Hall–Kier alpha value is -0.570. The Morgan fingerprint density at radius 2 is 2.15 bits per heavy atom. The van der Waals surface area contributed by atoms with Gasteiger partial charge in [0.25, 0.3) is 0 Å². The molecule has 0 radical (unpaired) electrons. The number of aryl methyl sites for hydroxylation is 1. The molecule has 1 aliphatic carbocycles. The van der Waals surface area contributed by atoms with E-state index in [1.807, 2.05) is 4.57 Å². The largest absolute Gasteiger partial charge is 0.307 e. The highest BCUT2D eigenvalue weighted by Gasteiger charge is 2.16. The summed E-state index contributed by atoms with van der Waals surface area (Å²) in [4.78, 5) is 13.2. The molecule has 0 bridgehead atoms. The third kappa shape index (κ3) is 1.57. The summed E-state index contributed by atoms with van der Waals surface area (Å²) in [6.07, 6.45) is 5.83. The minimum atomic E-state index is 0.258. The lowest BCUT2D eigenvalue weighted by atomic mass is 10.0. The van der Waals surface area contributed by atoms with Crippen LogP contribution in [0.1, 0.15) is 36.8 Å². The van der Waals surface area contributed by atoms with E-state index in [4.69, 9.17) is 0 Å². The van der Waals surface area contributed by atoms with Crippen molar-refractivity contribution in [1.82, 2.24) is 4.57 Å². The van der Waals surface area contributed by atoms with E-state index in [0.717, 1.165) is 25.8 Å². The average Bonchev–Trinajstić information content (AvgIpc) is 2.44. The molecule has 1 heterocycles. The van der Waals surface area contributed by atoms with Gasteiger partial charge in [-0.2, -0.15) is 0 Å². The van der Waals surface area contributed by atoms with Crippen LogP contribution in [0.25, 0.3) is 0 Å². The molecule has 13 heavy (non-hydrogen) atoms. The van der Waals surface area contributed by atoms with Gasteiger partial charge in [-0.1, -0.05) is 18.3 Å². The number of thiazole rings is 1. The van der Waals surface area contributed by atoms with Crippen LogP contribution in [0.2, 0.25) is 0 Å². The maximum absolute atomic E-state index is 11.6. The van der Waals surface area contributed by atoms with Gasteiger partial charge >= 0.3 is 4.87 Å². The summed E-state index contributed by atoms with van der Waals surface area (Å²) < 4.78 is 1.99. The van der Waals surface area contributed by atoms with Crippen molar-refractivity contribution in [2.75, 3.05) is 0 Å². The van der Waals surface area contributed by atoms with E-state index in [0.29, 0.717) is 0 Å². The highest BCUT2D eigenvalue weighted by atomic mass is 32.1. The van der Waals surface area contributed by atoms with Crippen LogP contribution in [-0.4, -0.2) is 4.57 Å². The molecular weight excluding hydrogens is 182 g/mol. The molecule has 0 unspecified atom stereocenters. The average molecular weight is 197 g/mol. The molecule has 3 heteroatoms. The molecule has 0 N–H and O–H groups in total. The predicted octanol–water partition coefficient (Wildman–Crippen LogP) is 2.20. The summed E-state index contributed by atoms with van der Waals surface area (Å²) in [6.45, 7) is 3.03. The molecule has 0 atom stereocenters. The lowest BCUT2D eigenvalue weighted by Gasteiger charge is -2.12. The highest BCUT2D eigenvalue weighted by Crippen LogP contribution is 2.23. The van der Waals surface area contributed by atoms with Crippen molar-refractivity contribution in [3.05, 3.63) is 20.2 Å². The molecular formula is C10H15NOS. The van der Waals surface area contributed by atoms with Gasteiger partial charge in [-0.05, 0) is 32.1 Å². The molecule has 2 nitrogen and oxygen atoms in total. The normalized spacial score (nSPS) is 15.8. The summed E-state index contributed by atoms with van der Waals surface area (Å²) in [5, 5.41) is 0. The van der Waals surface area contributed by atoms with Crippen LogP contribution in [0, 0.1) is 0 Å². The standard InChI is InChI=1S/C10H15NOS/c1-2-7-11-8-5-3-4-6-9(8)13-10(11)12/h2-7H2,1H3. The van der Waals surface area contributed by atoms with E-state index in [-0.39, 0.29) is 4.87 Å². The summed E-state index contributed by atoms with van der Waals surface area (Å²) in [6, 6.07) is 0. The third-order valence-corrected chi connectivity index (χ3v) is 3.67. The molecule has 1 aromatic heterocycles. The molecule has 72 valence electrons. The zero-order valence-corrected chi connectivity index (χ0v) is 8.82. The number of hydrogen-bond donors (Lipinski definition) is 0. The zero-order valence-electron chi connectivity index (χ0n) is 8.01. The second-order valence-corrected chi connectivity index (χ2v) is 4.64. The second kappa shape index (κ2) is 3.66. The lowest BCUT2D eigenvalue weighted by Crippen LogP contribution is -2.16. The van der Waals surface area contributed by atoms with Crippen LogP contribution in [-0.2, 0) is 19.4 Å². The van der Waals surface area contributed by atoms with Crippen LogP contribution in [0.3, 0.4) is 0 Å². The lowest BCUT2D eigenvalue weighted by molar-refractivity contribution is 0.587. The van der Waals surface area contributed by atoms with Crippen LogP contribution in [0.5, 0.6) is 0 Å². The van der Waals surface area contributed by atoms with Gasteiger partial charge in [-0.3, -0.25) is 4.79 Å². The van der Waals surface area contributed by atoms with E-state index in [9.17, 15) is 4.79 Å². The summed E-state index contributed by atoms with van der Waals surface area (Å²) in [7, 11) is 0. The second-order valence-electron chi connectivity index (χ2n) is 3.60. The van der Waals surface area contributed by atoms with Crippen molar-refractivity contribution < 1.29 is 0 Å². The molecule has 0 spiro atoms. The maximum Gasteiger partial charge on any atom is 0.307 e. The van der Waals surface area contributed by atoms with Gasteiger partial charge < -0.3 is 4.57 Å². The minimum absolute atomic E-state index is 0.258. The number of hydrogen-bond acceptors (Lipinski definition) is 2. The Bertz CT molecular complexity index is 350. The Morgan fingerprint density at radius 3 is 2.92 bits per heavy atom. The van der Waals surface area contributed by atoms with E-state index < -0.39 is 0 Å². The van der Waals surface area contributed by atoms with Crippen molar-refractivity contribution in [1.29, 1.82) is 0 Å². The Kier molecular flexibility index (Phi) is 2.54. The fraction of sp³-hybridized carbons (Fsp3) is 0.700. The molecule has 0 saturated carbocycles. The highest BCUT2D eigenvalue weighted by molar-refractivity contribution is 7.09. The van der Waals surface area contributed by atoms with Gasteiger partial charge in [0.15, 0.2) is 0 Å². The van der Waals surface area contributed by atoms with E-state index in [1.165, 1.54) is 34.7 Å². The molecule has 0 saturated heterocycles. The van der Waals surface area contributed by atoms with Gasteiger partial charge in [-0.25, -0.2) is 0 Å².